The van der Waals surface area contributed by atoms with Crippen LogP contribution < -0.4 is 0 Å². The summed E-state index contributed by atoms with van der Waals surface area (Å²) < 4.78 is 64.4. The Morgan fingerprint density at radius 1 is 1.25 bits per heavy atom. The van der Waals surface area contributed by atoms with Crippen molar-refractivity contribution in [2.75, 3.05) is 13.1 Å². The lowest BCUT2D eigenvalue weighted by Crippen LogP contribution is -2.44. The third kappa shape index (κ3) is 4.47. The van der Waals surface area contributed by atoms with Crippen LogP contribution in [0.3, 0.4) is 0 Å². The molecule has 0 bridgehead atoms. The van der Waals surface area contributed by atoms with Gasteiger partial charge in [-0.3, -0.25) is 4.79 Å². The number of piperidine rings is 1. The summed E-state index contributed by atoms with van der Waals surface area (Å²) >= 11 is 0. The summed E-state index contributed by atoms with van der Waals surface area (Å²) in [4.78, 5) is 10.4. The second kappa shape index (κ2) is 7.10. The third-order valence-electron chi connectivity index (χ3n) is 4.04. The van der Waals surface area contributed by atoms with E-state index in [1.165, 1.54) is 24.3 Å². The van der Waals surface area contributed by atoms with Crippen LogP contribution in [0.15, 0.2) is 29.2 Å². The lowest BCUT2D eigenvalue weighted by atomic mass is 9.99. The molecule has 0 aliphatic carbocycles. The zero-order valence-corrected chi connectivity index (χ0v) is 13.6. The first-order chi connectivity index (χ1) is 11.1. The molecule has 1 aliphatic rings. The van der Waals surface area contributed by atoms with E-state index in [4.69, 9.17) is 5.11 Å². The van der Waals surface area contributed by atoms with Crippen molar-refractivity contribution in [2.45, 2.75) is 36.8 Å². The highest BCUT2D eigenvalue weighted by atomic mass is 32.2. The van der Waals surface area contributed by atoms with Gasteiger partial charge in [0.1, 0.15) is 0 Å². The van der Waals surface area contributed by atoms with E-state index in [1.807, 2.05) is 0 Å². The number of hydrogen-bond acceptors (Lipinski definition) is 3. The maximum atomic E-state index is 12.8. The molecule has 0 amide bonds. The summed E-state index contributed by atoms with van der Waals surface area (Å²) in [5.41, 5.74) is 0.656. The number of benzene rings is 1. The zero-order chi connectivity index (χ0) is 18.0. The number of aryl methyl sites for hydroxylation is 1. The molecule has 134 valence electrons. The van der Waals surface area contributed by atoms with Crippen LogP contribution in [0.25, 0.3) is 0 Å². The van der Waals surface area contributed by atoms with E-state index in [9.17, 15) is 26.4 Å². The van der Waals surface area contributed by atoms with Crippen molar-refractivity contribution in [2.24, 2.45) is 5.92 Å². The molecule has 1 heterocycles. The van der Waals surface area contributed by atoms with Gasteiger partial charge in [0, 0.05) is 19.5 Å². The van der Waals surface area contributed by atoms with Crippen molar-refractivity contribution in [3.8, 4) is 0 Å². The minimum absolute atomic E-state index is 0.0652. The van der Waals surface area contributed by atoms with Gasteiger partial charge in [0.15, 0.2) is 0 Å². The average Bonchev–Trinajstić information content (AvgIpc) is 2.52. The molecule has 9 heteroatoms. The smallest absolute Gasteiger partial charge is 0.393 e. The maximum absolute atomic E-state index is 12.8. The van der Waals surface area contributed by atoms with E-state index >= 15 is 0 Å². The highest BCUT2D eigenvalue weighted by Crippen LogP contribution is 2.34. The Morgan fingerprint density at radius 3 is 2.42 bits per heavy atom. The molecular weight excluding hydrogens is 347 g/mol. The molecule has 1 N–H and O–H groups in total. The third-order valence-corrected chi connectivity index (χ3v) is 5.92. The Labute approximate surface area is 138 Å². The summed E-state index contributed by atoms with van der Waals surface area (Å²) in [7, 11) is -3.99. The molecule has 0 unspecified atom stereocenters. The number of carboxylic acid groups (broad SMARTS) is 1. The van der Waals surface area contributed by atoms with Crippen LogP contribution >= 0.6 is 0 Å². The van der Waals surface area contributed by atoms with Crippen molar-refractivity contribution < 1.29 is 31.5 Å². The van der Waals surface area contributed by atoms with Crippen molar-refractivity contribution in [3.05, 3.63) is 29.8 Å². The maximum Gasteiger partial charge on any atom is 0.393 e. The van der Waals surface area contributed by atoms with Crippen molar-refractivity contribution in [1.82, 2.24) is 4.31 Å². The topological polar surface area (TPSA) is 74.7 Å². The zero-order valence-electron chi connectivity index (χ0n) is 12.8. The van der Waals surface area contributed by atoms with E-state index < -0.39 is 34.6 Å². The number of nitrogens with zero attached hydrogens (tertiary/aromatic N) is 1. The predicted molar refractivity (Wildman–Crippen MR) is 79.9 cm³/mol. The highest BCUT2D eigenvalue weighted by Gasteiger charge is 2.44. The van der Waals surface area contributed by atoms with E-state index in [0.29, 0.717) is 5.56 Å². The lowest BCUT2D eigenvalue weighted by molar-refractivity contribution is -0.182. The fourth-order valence-electron chi connectivity index (χ4n) is 2.66. The van der Waals surface area contributed by atoms with Gasteiger partial charge in [-0.05, 0) is 37.0 Å². The molecule has 1 fully saturated rings. The summed E-state index contributed by atoms with van der Waals surface area (Å²) in [5.74, 6) is -2.60. The van der Waals surface area contributed by atoms with E-state index in [0.717, 1.165) is 4.31 Å². The van der Waals surface area contributed by atoms with Gasteiger partial charge >= 0.3 is 12.1 Å². The summed E-state index contributed by atoms with van der Waals surface area (Å²) in [6, 6.07) is 5.59. The number of rotatable bonds is 5. The summed E-state index contributed by atoms with van der Waals surface area (Å²) in [6.07, 6.45) is -4.13. The fourth-order valence-corrected chi connectivity index (χ4v) is 4.18. The SMILES string of the molecule is O=C(O)CCc1ccc(S(=O)(=O)N2CCC[C@H](C(F)(F)F)C2)cc1. The van der Waals surface area contributed by atoms with Crippen LogP contribution in [0.2, 0.25) is 0 Å². The normalized spacial score (nSPS) is 20.0. The first-order valence-electron chi connectivity index (χ1n) is 7.48. The number of carboxylic acids is 1. The Bertz CT molecular complexity index is 686. The van der Waals surface area contributed by atoms with Gasteiger partial charge in [-0.2, -0.15) is 17.5 Å². The number of aliphatic carboxylic acids is 1. The number of carbonyl (C=O) groups is 1. The van der Waals surface area contributed by atoms with E-state index in [-0.39, 0.29) is 37.1 Å². The van der Waals surface area contributed by atoms with Gasteiger partial charge < -0.3 is 5.11 Å². The molecule has 24 heavy (non-hydrogen) atoms. The molecule has 1 atom stereocenters. The van der Waals surface area contributed by atoms with Crippen LogP contribution in [0.5, 0.6) is 0 Å². The largest absolute Gasteiger partial charge is 0.481 e. The number of sulfonamides is 1. The minimum atomic E-state index is -4.41. The minimum Gasteiger partial charge on any atom is -0.481 e. The van der Waals surface area contributed by atoms with Crippen molar-refractivity contribution in [1.29, 1.82) is 0 Å². The summed E-state index contributed by atoms with van der Waals surface area (Å²) in [5, 5.41) is 8.62. The molecule has 1 saturated heterocycles. The monoisotopic (exact) mass is 365 g/mol. The quantitative estimate of drug-likeness (QED) is 0.871. The second-order valence-electron chi connectivity index (χ2n) is 5.78. The van der Waals surface area contributed by atoms with Crippen LogP contribution in [0.4, 0.5) is 13.2 Å². The molecule has 0 saturated carbocycles. The molecule has 5 nitrogen and oxygen atoms in total. The van der Waals surface area contributed by atoms with Crippen LogP contribution in [0.1, 0.15) is 24.8 Å². The van der Waals surface area contributed by atoms with Gasteiger partial charge in [0.25, 0.3) is 0 Å². The molecule has 0 radical (unpaired) electrons. The number of halogens is 3. The number of alkyl halides is 3. The van der Waals surface area contributed by atoms with Crippen molar-refractivity contribution >= 4 is 16.0 Å². The highest BCUT2D eigenvalue weighted by molar-refractivity contribution is 7.89. The first kappa shape index (κ1) is 18.7. The lowest BCUT2D eigenvalue weighted by Gasteiger charge is -2.32. The predicted octanol–water partition coefficient (Wildman–Crippen LogP) is 2.67. The number of hydrogen-bond donors (Lipinski definition) is 1. The molecule has 1 aromatic carbocycles. The van der Waals surface area contributed by atoms with Crippen molar-refractivity contribution in [3.63, 3.8) is 0 Å². The Morgan fingerprint density at radius 2 is 1.88 bits per heavy atom. The molecular formula is C15H18F3NO4S. The van der Waals surface area contributed by atoms with E-state index in [1.54, 1.807) is 0 Å². The average molecular weight is 365 g/mol. The summed E-state index contributed by atoms with van der Waals surface area (Å²) in [6.45, 7) is -0.498. The molecule has 0 aromatic heterocycles. The van der Waals surface area contributed by atoms with Gasteiger partial charge in [0.2, 0.25) is 10.0 Å². The Kier molecular flexibility index (Phi) is 5.54. The van der Waals surface area contributed by atoms with Gasteiger partial charge in [0.05, 0.1) is 10.8 Å². The van der Waals surface area contributed by atoms with E-state index in [2.05, 4.69) is 0 Å². The van der Waals surface area contributed by atoms with Gasteiger partial charge in [-0.1, -0.05) is 12.1 Å². The first-order valence-corrected chi connectivity index (χ1v) is 8.92. The Balaban J connectivity index is 2.13. The van der Waals surface area contributed by atoms with Gasteiger partial charge in [-0.25, -0.2) is 8.42 Å². The molecule has 1 aliphatic heterocycles. The Hall–Kier alpha value is -1.61. The molecule has 0 spiro atoms. The fraction of sp³-hybridized carbons (Fsp3) is 0.533. The van der Waals surface area contributed by atoms with Gasteiger partial charge in [-0.15, -0.1) is 0 Å². The second-order valence-corrected chi connectivity index (χ2v) is 7.72. The molecule has 1 aromatic rings. The van der Waals surface area contributed by atoms with Crippen LogP contribution in [-0.4, -0.2) is 43.1 Å². The van der Waals surface area contributed by atoms with Crippen LogP contribution in [0, 0.1) is 5.92 Å². The molecule has 2 rings (SSSR count). The standard InChI is InChI=1S/C15H18F3NO4S/c16-15(17,18)12-2-1-9-19(10-12)24(22,23)13-6-3-11(4-7-13)5-8-14(20)21/h3-4,6-7,12H,1-2,5,8-10H2,(H,20,21)/t12-/m0/s1. The van der Waals surface area contributed by atoms with Crippen LogP contribution in [-0.2, 0) is 21.2 Å².